The van der Waals surface area contributed by atoms with Crippen molar-refractivity contribution in [2.75, 3.05) is 0 Å². The largest absolute Gasteiger partial charge is 0.207 e. The Morgan fingerprint density at radius 2 is 1.76 bits per heavy atom. The Balaban J connectivity index is 2.09. The van der Waals surface area contributed by atoms with Crippen molar-refractivity contribution in [3.63, 3.8) is 0 Å². The van der Waals surface area contributed by atoms with Crippen molar-refractivity contribution in [3.05, 3.63) is 70.0 Å². The Hall–Kier alpha value is -2.03. The van der Waals surface area contributed by atoms with Gasteiger partial charge in [0.1, 0.15) is 5.82 Å². The molecule has 0 aromatic heterocycles. The summed E-state index contributed by atoms with van der Waals surface area (Å²) in [4.78, 5) is 0. The van der Waals surface area contributed by atoms with Gasteiger partial charge in [-0.1, -0.05) is 37.3 Å². The third kappa shape index (κ3) is 2.37. The standard InChI is InChI=1S/C18H15F3/c1-2-11-6-9-15(18(21)17(11)20)13-7-8-14-12(10-13)4-3-5-16(14)19/h3-6,9-10H,2,7-8H2,1H3. The van der Waals surface area contributed by atoms with Crippen molar-refractivity contribution < 1.29 is 13.2 Å². The van der Waals surface area contributed by atoms with Crippen molar-refractivity contribution in [3.8, 4) is 0 Å². The second-order valence-corrected chi connectivity index (χ2v) is 5.23. The lowest BCUT2D eigenvalue weighted by molar-refractivity contribution is 0.497. The second-order valence-electron chi connectivity index (χ2n) is 5.23. The fourth-order valence-corrected chi connectivity index (χ4v) is 2.82. The van der Waals surface area contributed by atoms with Crippen LogP contribution in [0.5, 0.6) is 0 Å². The molecule has 0 fully saturated rings. The average Bonchev–Trinajstić information content (AvgIpc) is 2.50. The number of hydrogen-bond acceptors (Lipinski definition) is 0. The zero-order chi connectivity index (χ0) is 15.0. The smallest absolute Gasteiger partial charge is 0.166 e. The second kappa shape index (κ2) is 5.40. The fourth-order valence-electron chi connectivity index (χ4n) is 2.82. The molecule has 0 heterocycles. The van der Waals surface area contributed by atoms with E-state index in [0.717, 1.165) is 5.56 Å². The molecule has 1 aliphatic rings. The van der Waals surface area contributed by atoms with E-state index in [1.807, 2.05) is 0 Å². The highest BCUT2D eigenvalue weighted by Gasteiger charge is 2.19. The van der Waals surface area contributed by atoms with Crippen LogP contribution in [0.4, 0.5) is 13.2 Å². The molecule has 0 bridgehead atoms. The van der Waals surface area contributed by atoms with Gasteiger partial charge in [-0.25, -0.2) is 13.2 Å². The van der Waals surface area contributed by atoms with Gasteiger partial charge in [-0.05, 0) is 47.6 Å². The van der Waals surface area contributed by atoms with Crippen molar-refractivity contribution in [1.29, 1.82) is 0 Å². The van der Waals surface area contributed by atoms with Crippen LogP contribution in [-0.4, -0.2) is 0 Å². The van der Waals surface area contributed by atoms with Crippen LogP contribution >= 0.6 is 0 Å². The van der Waals surface area contributed by atoms with Gasteiger partial charge in [-0.2, -0.15) is 0 Å². The molecule has 0 amide bonds. The first kappa shape index (κ1) is 13.9. The first-order valence-corrected chi connectivity index (χ1v) is 7.07. The average molecular weight is 288 g/mol. The summed E-state index contributed by atoms with van der Waals surface area (Å²) in [6, 6.07) is 8.09. The predicted octanol–water partition coefficient (Wildman–Crippen LogP) is 5.15. The van der Waals surface area contributed by atoms with Gasteiger partial charge in [0.05, 0.1) is 0 Å². The summed E-state index contributed by atoms with van der Waals surface area (Å²) in [6.07, 6.45) is 3.22. The zero-order valence-electron chi connectivity index (χ0n) is 11.7. The summed E-state index contributed by atoms with van der Waals surface area (Å²) in [6.45, 7) is 1.79. The highest BCUT2D eigenvalue weighted by atomic mass is 19.2. The van der Waals surface area contributed by atoms with Gasteiger partial charge in [0.25, 0.3) is 0 Å². The van der Waals surface area contributed by atoms with E-state index in [2.05, 4.69) is 0 Å². The first-order chi connectivity index (χ1) is 10.1. The van der Waals surface area contributed by atoms with Crippen molar-refractivity contribution in [2.45, 2.75) is 26.2 Å². The Labute approximate surface area is 121 Å². The lowest BCUT2D eigenvalue weighted by Gasteiger charge is -2.18. The van der Waals surface area contributed by atoms with Gasteiger partial charge < -0.3 is 0 Å². The van der Waals surface area contributed by atoms with E-state index in [1.165, 1.54) is 6.07 Å². The summed E-state index contributed by atoms with van der Waals surface area (Å²) in [7, 11) is 0. The molecule has 0 unspecified atom stereocenters. The van der Waals surface area contributed by atoms with E-state index in [9.17, 15) is 13.2 Å². The molecule has 3 rings (SSSR count). The maximum Gasteiger partial charge on any atom is 0.166 e. The molecule has 0 atom stereocenters. The van der Waals surface area contributed by atoms with Gasteiger partial charge in [-0.15, -0.1) is 0 Å². The molecule has 21 heavy (non-hydrogen) atoms. The Morgan fingerprint density at radius 1 is 0.952 bits per heavy atom. The molecule has 0 spiro atoms. The van der Waals surface area contributed by atoms with Crippen LogP contribution in [0.25, 0.3) is 11.6 Å². The molecule has 0 aliphatic heterocycles. The van der Waals surface area contributed by atoms with E-state index in [4.69, 9.17) is 0 Å². The van der Waals surface area contributed by atoms with Crippen molar-refractivity contribution in [2.24, 2.45) is 0 Å². The topological polar surface area (TPSA) is 0 Å². The molecule has 0 N–H and O–H groups in total. The van der Waals surface area contributed by atoms with E-state index < -0.39 is 11.6 Å². The van der Waals surface area contributed by atoms with Crippen LogP contribution in [-0.2, 0) is 12.8 Å². The summed E-state index contributed by atoms with van der Waals surface area (Å²) in [5.74, 6) is -1.82. The molecule has 0 radical (unpaired) electrons. The molecule has 0 nitrogen and oxygen atoms in total. The van der Waals surface area contributed by atoms with Crippen molar-refractivity contribution >= 4 is 11.6 Å². The molecule has 3 heteroatoms. The Bertz CT molecular complexity index is 729. The molecule has 0 saturated carbocycles. The lowest BCUT2D eigenvalue weighted by Crippen LogP contribution is -2.05. The maximum atomic E-state index is 14.2. The number of benzene rings is 2. The van der Waals surface area contributed by atoms with Crippen LogP contribution in [0.3, 0.4) is 0 Å². The number of allylic oxidation sites excluding steroid dienone is 1. The molecule has 1 aliphatic carbocycles. The molecular formula is C18H15F3. The summed E-state index contributed by atoms with van der Waals surface area (Å²) < 4.78 is 41.8. The van der Waals surface area contributed by atoms with E-state index in [-0.39, 0.29) is 11.4 Å². The number of halogens is 3. The number of rotatable bonds is 2. The van der Waals surface area contributed by atoms with Gasteiger partial charge in [0, 0.05) is 5.56 Å². The normalized spacial score (nSPS) is 13.8. The van der Waals surface area contributed by atoms with Crippen LogP contribution in [0.15, 0.2) is 30.3 Å². The molecular weight excluding hydrogens is 273 g/mol. The van der Waals surface area contributed by atoms with E-state index in [0.29, 0.717) is 36.0 Å². The van der Waals surface area contributed by atoms with Crippen LogP contribution < -0.4 is 0 Å². The summed E-state index contributed by atoms with van der Waals surface area (Å²) in [5, 5.41) is 0. The lowest BCUT2D eigenvalue weighted by atomic mass is 9.88. The van der Waals surface area contributed by atoms with E-state index >= 15 is 0 Å². The van der Waals surface area contributed by atoms with Crippen LogP contribution in [0.1, 0.15) is 35.6 Å². The zero-order valence-corrected chi connectivity index (χ0v) is 11.7. The minimum atomic E-state index is -0.805. The fraction of sp³-hybridized carbons (Fsp3) is 0.222. The highest BCUT2D eigenvalue weighted by molar-refractivity contribution is 5.84. The van der Waals surface area contributed by atoms with Gasteiger partial charge in [0.2, 0.25) is 0 Å². The molecule has 2 aromatic rings. The molecule has 108 valence electrons. The highest BCUT2D eigenvalue weighted by Crippen LogP contribution is 2.33. The van der Waals surface area contributed by atoms with Gasteiger partial charge in [0.15, 0.2) is 11.6 Å². The minimum absolute atomic E-state index is 0.240. The Morgan fingerprint density at radius 3 is 2.52 bits per heavy atom. The Kier molecular flexibility index (Phi) is 3.58. The number of hydrogen-bond donors (Lipinski definition) is 0. The van der Waals surface area contributed by atoms with Crippen LogP contribution in [0.2, 0.25) is 0 Å². The first-order valence-electron chi connectivity index (χ1n) is 7.07. The predicted molar refractivity (Wildman–Crippen MR) is 78.3 cm³/mol. The summed E-state index contributed by atoms with van der Waals surface area (Å²) in [5.41, 5.74) is 2.76. The number of fused-ring (bicyclic) bond motifs is 1. The third-order valence-corrected chi connectivity index (χ3v) is 4.02. The number of aryl methyl sites for hydroxylation is 1. The summed E-state index contributed by atoms with van der Waals surface area (Å²) >= 11 is 0. The third-order valence-electron chi connectivity index (χ3n) is 4.02. The molecule has 0 saturated heterocycles. The minimum Gasteiger partial charge on any atom is -0.207 e. The van der Waals surface area contributed by atoms with E-state index in [1.54, 1.807) is 37.3 Å². The van der Waals surface area contributed by atoms with Crippen molar-refractivity contribution in [1.82, 2.24) is 0 Å². The maximum absolute atomic E-state index is 14.2. The van der Waals surface area contributed by atoms with Gasteiger partial charge >= 0.3 is 0 Å². The molecule has 2 aromatic carbocycles. The SMILES string of the molecule is CCc1ccc(C2=Cc3cccc(F)c3CC2)c(F)c1F. The monoisotopic (exact) mass is 288 g/mol. The van der Waals surface area contributed by atoms with Gasteiger partial charge in [-0.3, -0.25) is 0 Å². The quantitative estimate of drug-likeness (QED) is 0.716. The van der Waals surface area contributed by atoms with Crippen LogP contribution in [0, 0.1) is 17.5 Å².